The molecule has 28 heavy (non-hydrogen) atoms. The maximum absolute atomic E-state index is 11.7. The van der Waals surface area contributed by atoms with Crippen LogP contribution in [0.4, 0.5) is 4.79 Å². The van der Waals surface area contributed by atoms with Crippen LogP contribution in [0.25, 0.3) is 0 Å². The normalized spacial score (nSPS) is 32.4. The van der Waals surface area contributed by atoms with Crippen molar-refractivity contribution in [3.63, 3.8) is 0 Å². The first-order valence-corrected chi connectivity index (χ1v) is 10.8. The minimum Gasteiger partial charge on any atom is -0.444 e. The highest BCUT2D eigenvalue weighted by atomic mass is 16.6. The van der Waals surface area contributed by atoms with Gasteiger partial charge in [-0.1, -0.05) is 5.16 Å². The molecule has 5 rings (SSSR count). The van der Waals surface area contributed by atoms with Crippen molar-refractivity contribution in [3.8, 4) is 0 Å². The van der Waals surface area contributed by atoms with Crippen molar-refractivity contribution >= 4 is 6.09 Å². The molecule has 0 aromatic carbocycles. The van der Waals surface area contributed by atoms with Gasteiger partial charge in [0.05, 0.1) is 6.04 Å². The lowest BCUT2D eigenvalue weighted by atomic mass is 9.49. The van der Waals surface area contributed by atoms with Crippen LogP contribution in [0.15, 0.2) is 4.52 Å². The van der Waals surface area contributed by atoms with E-state index in [0.717, 1.165) is 30.0 Å². The Morgan fingerprint density at radius 1 is 1.25 bits per heavy atom. The molecule has 1 amide bonds. The molecule has 0 saturated heterocycles. The molecule has 0 radical (unpaired) electrons. The number of hydrogen-bond acceptors (Lipinski definition) is 6. The van der Waals surface area contributed by atoms with E-state index in [1.807, 2.05) is 20.8 Å². The Morgan fingerprint density at radius 2 is 1.86 bits per heavy atom. The second-order valence-electron chi connectivity index (χ2n) is 10.3. The van der Waals surface area contributed by atoms with Crippen LogP contribution in [0.5, 0.6) is 0 Å². The second kappa shape index (κ2) is 7.32. The van der Waals surface area contributed by atoms with Gasteiger partial charge in [0.1, 0.15) is 5.60 Å². The van der Waals surface area contributed by atoms with Crippen molar-refractivity contribution in [1.29, 1.82) is 0 Å². The summed E-state index contributed by atoms with van der Waals surface area (Å²) in [5, 5.41) is 7.13. The molecule has 4 fully saturated rings. The van der Waals surface area contributed by atoms with Gasteiger partial charge in [0.25, 0.3) is 0 Å². The number of hydrogen-bond donors (Lipinski definition) is 2. The van der Waals surface area contributed by atoms with Crippen molar-refractivity contribution in [2.45, 2.75) is 89.2 Å². The van der Waals surface area contributed by atoms with Gasteiger partial charge in [-0.15, -0.1) is 0 Å². The van der Waals surface area contributed by atoms with Crippen LogP contribution in [-0.4, -0.2) is 28.4 Å². The van der Waals surface area contributed by atoms with Crippen LogP contribution >= 0.6 is 0 Å². The largest absolute Gasteiger partial charge is 0.444 e. The number of rotatable bonds is 6. The van der Waals surface area contributed by atoms with E-state index in [4.69, 9.17) is 20.0 Å². The van der Waals surface area contributed by atoms with Crippen LogP contribution in [0, 0.1) is 17.8 Å². The van der Waals surface area contributed by atoms with Crippen LogP contribution in [0.2, 0.25) is 0 Å². The molecule has 4 bridgehead atoms. The molecule has 4 saturated carbocycles. The fourth-order valence-corrected chi connectivity index (χ4v) is 5.94. The molecule has 1 heterocycles. The van der Waals surface area contributed by atoms with Gasteiger partial charge in [0.2, 0.25) is 5.89 Å². The SMILES string of the molecule is CC(C)(C)OC(=O)NCCCC(N)c1nc(C23CC4CC(CC(C4)C2)C3)no1. The first-order valence-electron chi connectivity index (χ1n) is 10.8. The first-order chi connectivity index (χ1) is 13.2. The Bertz CT molecular complexity index is 673. The second-order valence-corrected chi connectivity index (χ2v) is 10.3. The van der Waals surface area contributed by atoms with Gasteiger partial charge in [-0.3, -0.25) is 0 Å². The number of nitrogens with two attached hydrogens (primary N) is 1. The highest BCUT2D eigenvalue weighted by Crippen LogP contribution is 2.60. The molecule has 1 unspecified atom stereocenters. The summed E-state index contributed by atoms with van der Waals surface area (Å²) in [6, 6.07) is -0.296. The lowest BCUT2D eigenvalue weighted by molar-refractivity contribution is -0.0103. The zero-order chi connectivity index (χ0) is 19.9. The Kier molecular flexibility index (Phi) is 5.14. The Hall–Kier alpha value is -1.63. The number of nitrogens with one attached hydrogen (secondary N) is 1. The number of carbonyl (C=O) groups is 1. The minimum absolute atomic E-state index is 0.133. The summed E-state index contributed by atoms with van der Waals surface area (Å²) in [7, 11) is 0. The highest BCUT2D eigenvalue weighted by Gasteiger charge is 2.53. The predicted octanol–water partition coefficient (Wildman–Crippen LogP) is 3.84. The zero-order valence-corrected chi connectivity index (χ0v) is 17.4. The van der Waals surface area contributed by atoms with E-state index in [1.54, 1.807) is 0 Å². The van der Waals surface area contributed by atoms with Gasteiger partial charge in [0, 0.05) is 12.0 Å². The van der Waals surface area contributed by atoms with Gasteiger partial charge in [-0.25, -0.2) is 4.79 Å². The van der Waals surface area contributed by atoms with Crippen LogP contribution < -0.4 is 11.1 Å². The van der Waals surface area contributed by atoms with Crippen molar-refractivity contribution in [3.05, 3.63) is 11.7 Å². The molecule has 4 aliphatic carbocycles. The Morgan fingerprint density at radius 3 is 2.43 bits per heavy atom. The van der Waals surface area contributed by atoms with Crippen LogP contribution in [0.3, 0.4) is 0 Å². The summed E-state index contributed by atoms with van der Waals surface area (Å²) in [4.78, 5) is 16.4. The lowest BCUT2D eigenvalue weighted by Crippen LogP contribution is -2.49. The molecular formula is C21H34N4O3. The third-order valence-corrected chi connectivity index (χ3v) is 6.63. The number of amides is 1. The monoisotopic (exact) mass is 390 g/mol. The summed E-state index contributed by atoms with van der Waals surface area (Å²) in [6.45, 7) is 6.05. The van der Waals surface area contributed by atoms with Gasteiger partial charge in [0.15, 0.2) is 5.82 Å². The fraction of sp³-hybridized carbons (Fsp3) is 0.857. The van der Waals surface area contributed by atoms with Gasteiger partial charge in [-0.05, 0) is 89.9 Å². The third kappa shape index (κ3) is 4.19. The third-order valence-electron chi connectivity index (χ3n) is 6.63. The Balaban J connectivity index is 1.28. The van der Waals surface area contributed by atoms with E-state index in [9.17, 15) is 4.79 Å². The molecule has 4 aliphatic rings. The summed E-state index contributed by atoms with van der Waals surface area (Å²) >= 11 is 0. The van der Waals surface area contributed by atoms with E-state index < -0.39 is 11.7 Å². The molecule has 156 valence electrons. The quantitative estimate of drug-likeness (QED) is 0.715. The molecule has 1 aromatic heterocycles. The maximum atomic E-state index is 11.7. The molecule has 0 spiro atoms. The number of alkyl carbamates (subject to hydrolysis) is 1. The van der Waals surface area contributed by atoms with Crippen molar-refractivity contribution in [2.24, 2.45) is 23.5 Å². The van der Waals surface area contributed by atoms with Crippen LogP contribution in [0.1, 0.15) is 89.9 Å². The molecule has 7 nitrogen and oxygen atoms in total. The summed E-state index contributed by atoms with van der Waals surface area (Å²) < 4.78 is 10.8. The zero-order valence-electron chi connectivity index (χ0n) is 17.4. The number of nitrogens with zero attached hydrogens (tertiary/aromatic N) is 2. The summed E-state index contributed by atoms with van der Waals surface area (Å²) in [6.07, 6.45) is 8.85. The van der Waals surface area contributed by atoms with Crippen molar-refractivity contribution < 1.29 is 14.1 Å². The molecule has 1 atom stereocenters. The van der Waals surface area contributed by atoms with Gasteiger partial charge < -0.3 is 20.3 Å². The van der Waals surface area contributed by atoms with E-state index in [0.29, 0.717) is 18.9 Å². The van der Waals surface area contributed by atoms with E-state index in [-0.39, 0.29) is 11.5 Å². The Labute approximate surface area is 167 Å². The molecule has 3 N–H and O–H groups in total. The highest BCUT2D eigenvalue weighted by molar-refractivity contribution is 5.67. The summed E-state index contributed by atoms with van der Waals surface area (Å²) in [5.41, 5.74) is 5.92. The van der Waals surface area contributed by atoms with E-state index in [2.05, 4.69) is 10.5 Å². The van der Waals surface area contributed by atoms with Crippen molar-refractivity contribution in [2.75, 3.05) is 6.54 Å². The van der Waals surface area contributed by atoms with E-state index in [1.165, 1.54) is 38.5 Å². The molecule has 1 aromatic rings. The number of ether oxygens (including phenoxy) is 1. The van der Waals surface area contributed by atoms with Crippen molar-refractivity contribution in [1.82, 2.24) is 15.5 Å². The molecule has 7 heteroatoms. The topological polar surface area (TPSA) is 103 Å². The fourth-order valence-electron chi connectivity index (χ4n) is 5.94. The van der Waals surface area contributed by atoms with E-state index >= 15 is 0 Å². The van der Waals surface area contributed by atoms with Gasteiger partial charge >= 0.3 is 6.09 Å². The number of carbonyl (C=O) groups excluding carboxylic acids is 1. The molecular weight excluding hydrogens is 356 g/mol. The minimum atomic E-state index is -0.488. The average Bonchev–Trinajstić information content (AvgIpc) is 3.07. The lowest BCUT2D eigenvalue weighted by Gasteiger charge is -2.55. The molecule has 0 aliphatic heterocycles. The van der Waals surface area contributed by atoms with Gasteiger partial charge in [-0.2, -0.15) is 4.98 Å². The standard InChI is InChI=1S/C21H34N4O3/c1-20(2,3)27-19(26)23-6-4-5-16(22)17-24-18(25-28-17)21-10-13-7-14(11-21)9-15(8-13)12-21/h13-16H,4-12,22H2,1-3H3,(H,23,26). The smallest absolute Gasteiger partial charge is 0.407 e. The maximum Gasteiger partial charge on any atom is 0.407 e. The first kappa shape index (κ1) is 19.7. The predicted molar refractivity (Wildman–Crippen MR) is 105 cm³/mol. The average molecular weight is 391 g/mol. The van der Waals surface area contributed by atoms with Crippen LogP contribution in [-0.2, 0) is 10.2 Å². The summed E-state index contributed by atoms with van der Waals surface area (Å²) in [5.74, 6) is 3.97. The number of aromatic nitrogens is 2.